The summed E-state index contributed by atoms with van der Waals surface area (Å²) >= 11 is 7.72. The highest BCUT2D eigenvalue weighted by molar-refractivity contribution is 7.22. The van der Waals surface area contributed by atoms with Crippen LogP contribution in [0.1, 0.15) is 33.1 Å². The van der Waals surface area contributed by atoms with Crippen LogP contribution in [-0.2, 0) is 0 Å². The van der Waals surface area contributed by atoms with Gasteiger partial charge >= 0.3 is 0 Å². The molecule has 0 saturated heterocycles. The van der Waals surface area contributed by atoms with E-state index in [0.717, 1.165) is 32.2 Å². The summed E-state index contributed by atoms with van der Waals surface area (Å²) in [5.74, 6) is 1.58. The summed E-state index contributed by atoms with van der Waals surface area (Å²) in [6.07, 6.45) is 3.88. The summed E-state index contributed by atoms with van der Waals surface area (Å²) in [4.78, 5) is 4.65. The lowest BCUT2D eigenvalue weighted by atomic mass is 9.80. The van der Waals surface area contributed by atoms with Crippen molar-refractivity contribution < 1.29 is 0 Å². The molecule has 3 atom stereocenters. The zero-order valence-corrected chi connectivity index (χ0v) is 12.9. The molecular weight excluding hydrogens is 276 g/mol. The van der Waals surface area contributed by atoms with Gasteiger partial charge in [0.25, 0.3) is 0 Å². The molecule has 1 aromatic carbocycles. The van der Waals surface area contributed by atoms with Gasteiger partial charge in [-0.1, -0.05) is 36.8 Å². The van der Waals surface area contributed by atoms with Gasteiger partial charge in [0.05, 0.1) is 10.2 Å². The lowest BCUT2D eigenvalue weighted by Crippen LogP contribution is -2.32. The number of hydrogen-bond donors (Lipinski definition) is 1. The zero-order chi connectivity index (χ0) is 13.4. The number of anilines is 1. The molecule has 1 aromatic heterocycles. The van der Waals surface area contributed by atoms with Gasteiger partial charge < -0.3 is 5.32 Å². The van der Waals surface area contributed by atoms with Crippen molar-refractivity contribution in [2.45, 2.75) is 39.2 Å². The Morgan fingerprint density at radius 2 is 2.16 bits per heavy atom. The van der Waals surface area contributed by atoms with Crippen LogP contribution in [0.4, 0.5) is 5.13 Å². The number of halogens is 1. The van der Waals surface area contributed by atoms with Crippen LogP contribution < -0.4 is 5.32 Å². The fraction of sp³-hybridized carbons (Fsp3) is 0.533. The molecule has 0 spiro atoms. The lowest BCUT2D eigenvalue weighted by molar-refractivity contribution is 0.276. The van der Waals surface area contributed by atoms with E-state index in [-0.39, 0.29) is 0 Å². The van der Waals surface area contributed by atoms with E-state index in [0.29, 0.717) is 6.04 Å². The Balaban J connectivity index is 1.77. The minimum Gasteiger partial charge on any atom is -0.358 e. The van der Waals surface area contributed by atoms with Crippen molar-refractivity contribution in [2.24, 2.45) is 11.8 Å². The van der Waals surface area contributed by atoms with E-state index in [1.54, 1.807) is 11.3 Å². The number of rotatable bonds is 2. The average Bonchev–Trinajstić information content (AvgIpc) is 2.74. The van der Waals surface area contributed by atoms with E-state index in [9.17, 15) is 0 Å². The highest BCUT2D eigenvalue weighted by atomic mass is 35.5. The van der Waals surface area contributed by atoms with Crippen molar-refractivity contribution in [2.75, 3.05) is 5.32 Å². The Kier molecular flexibility index (Phi) is 3.68. The molecule has 0 aliphatic heterocycles. The molecule has 19 heavy (non-hydrogen) atoms. The molecular formula is C15H19ClN2S. The molecule has 2 nitrogen and oxygen atoms in total. The maximum Gasteiger partial charge on any atom is 0.184 e. The molecule has 1 aliphatic carbocycles. The van der Waals surface area contributed by atoms with Gasteiger partial charge in [-0.15, -0.1) is 0 Å². The van der Waals surface area contributed by atoms with Crippen LogP contribution >= 0.6 is 22.9 Å². The minimum atomic E-state index is 0.562. The Morgan fingerprint density at radius 1 is 1.32 bits per heavy atom. The van der Waals surface area contributed by atoms with E-state index < -0.39 is 0 Å². The van der Waals surface area contributed by atoms with Gasteiger partial charge in [0.2, 0.25) is 0 Å². The fourth-order valence-corrected chi connectivity index (χ4v) is 4.20. The first-order chi connectivity index (χ1) is 9.11. The molecule has 0 radical (unpaired) electrons. The van der Waals surface area contributed by atoms with E-state index in [1.165, 1.54) is 19.3 Å². The van der Waals surface area contributed by atoms with Gasteiger partial charge in [0.1, 0.15) is 0 Å². The van der Waals surface area contributed by atoms with Crippen molar-refractivity contribution in [1.82, 2.24) is 4.98 Å². The number of thiazole rings is 1. The second-order valence-electron chi connectivity index (χ2n) is 5.78. The number of aromatic nitrogens is 1. The van der Waals surface area contributed by atoms with Crippen LogP contribution in [0.3, 0.4) is 0 Å². The Morgan fingerprint density at radius 3 is 2.95 bits per heavy atom. The van der Waals surface area contributed by atoms with Crippen LogP contribution in [-0.4, -0.2) is 11.0 Å². The molecule has 3 rings (SSSR count). The number of nitrogens with zero attached hydrogens (tertiary/aromatic N) is 1. The predicted octanol–water partition coefficient (Wildman–Crippen LogP) is 5.19. The summed E-state index contributed by atoms with van der Waals surface area (Å²) in [6, 6.07) is 6.45. The molecule has 1 heterocycles. The molecule has 3 unspecified atom stereocenters. The van der Waals surface area contributed by atoms with Crippen LogP contribution in [0.25, 0.3) is 10.2 Å². The Labute approximate surface area is 123 Å². The van der Waals surface area contributed by atoms with Crippen molar-refractivity contribution >= 4 is 38.3 Å². The standard InChI is InChI=1S/C15H19ClN2S/c1-9-3-5-12(10(2)7-9)17-15-18-13-6-4-11(16)8-14(13)19-15/h4,6,8-10,12H,3,5,7H2,1-2H3,(H,17,18). The lowest BCUT2D eigenvalue weighted by Gasteiger charge is -2.33. The smallest absolute Gasteiger partial charge is 0.184 e. The summed E-state index contributed by atoms with van der Waals surface area (Å²) < 4.78 is 1.16. The van der Waals surface area contributed by atoms with Gasteiger partial charge in [0, 0.05) is 11.1 Å². The van der Waals surface area contributed by atoms with E-state index in [4.69, 9.17) is 11.6 Å². The third kappa shape index (κ3) is 2.87. The number of fused-ring (bicyclic) bond motifs is 1. The molecule has 1 saturated carbocycles. The first-order valence-corrected chi connectivity index (χ1v) is 8.14. The molecule has 0 amide bonds. The van der Waals surface area contributed by atoms with Gasteiger partial charge in [-0.3, -0.25) is 0 Å². The fourth-order valence-electron chi connectivity index (χ4n) is 3.00. The summed E-state index contributed by atoms with van der Waals surface area (Å²) in [5.41, 5.74) is 1.04. The highest BCUT2D eigenvalue weighted by Crippen LogP contribution is 2.33. The third-order valence-corrected chi connectivity index (χ3v) is 5.28. The van der Waals surface area contributed by atoms with Crippen molar-refractivity contribution in [3.05, 3.63) is 23.2 Å². The highest BCUT2D eigenvalue weighted by Gasteiger charge is 2.25. The van der Waals surface area contributed by atoms with E-state index in [1.807, 2.05) is 18.2 Å². The summed E-state index contributed by atoms with van der Waals surface area (Å²) in [5, 5.41) is 5.44. The number of benzene rings is 1. The molecule has 1 fully saturated rings. The number of hydrogen-bond acceptors (Lipinski definition) is 3. The largest absolute Gasteiger partial charge is 0.358 e. The van der Waals surface area contributed by atoms with Crippen LogP contribution in [0, 0.1) is 11.8 Å². The number of nitrogens with one attached hydrogen (secondary N) is 1. The maximum atomic E-state index is 6.02. The first kappa shape index (κ1) is 13.2. The van der Waals surface area contributed by atoms with E-state index in [2.05, 4.69) is 24.1 Å². The molecule has 102 valence electrons. The molecule has 1 N–H and O–H groups in total. The van der Waals surface area contributed by atoms with Crippen LogP contribution in [0.2, 0.25) is 5.02 Å². The van der Waals surface area contributed by atoms with Gasteiger partial charge in [-0.2, -0.15) is 0 Å². The quantitative estimate of drug-likeness (QED) is 0.825. The second-order valence-corrected chi connectivity index (χ2v) is 7.24. The van der Waals surface area contributed by atoms with E-state index >= 15 is 0 Å². The first-order valence-electron chi connectivity index (χ1n) is 6.94. The summed E-state index contributed by atoms with van der Waals surface area (Å²) in [6.45, 7) is 4.70. The van der Waals surface area contributed by atoms with Crippen LogP contribution in [0.5, 0.6) is 0 Å². The van der Waals surface area contributed by atoms with Crippen molar-refractivity contribution in [3.8, 4) is 0 Å². The third-order valence-electron chi connectivity index (χ3n) is 4.09. The summed E-state index contributed by atoms with van der Waals surface area (Å²) in [7, 11) is 0. The Hall–Kier alpha value is -0.800. The van der Waals surface area contributed by atoms with Crippen molar-refractivity contribution in [1.29, 1.82) is 0 Å². The average molecular weight is 295 g/mol. The zero-order valence-electron chi connectivity index (χ0n) is 11.3. The van der Waals surface area contributed by atoms with Gasteiger partial charge in [-0.05, 0) is 49.3 Å². The second kappa shape index (κ2) is 5.29. The minimum absolute atomic E-state index is 0.562. The van der Waals surface area contributed by atoms with Gasteiger partial charge in [-0.25, -0.2) is 4.98 Å². The normalized spacial score (nSPS) is 27.6. The molecule has 1 aliphatic rings. The maximum absolute atomic E-state index is 6.02. The van der Waals surface area contributed by atoms with Gasteiger partial charge in [0.15, 0.2) is 5.13 Å². The topological polar surface area (TPSA) is 24.9 Å². The monoisotopic (exact) mass is 294 g/mol. The molecule has 0 bridgehead atoms. The van der Waals surface area contributed by atoms with Crippen molar-refractivity contribution in [3.63, 3.8) is 0 Å². The molecule has 2 aromatic rings. The SMILES string of the molecule is CC1CCC(Nc2nc3ccc(Cl)cc3s2)C(C)C1. The Bertz CT molecular complexity index is 581. The molecule has 4 heteroatoms. The van der Waals surface area contributed by atoms with Crippen LogP contribution in [0.15, 0.2) is 18.2 Å². The predicted molar refractivity (Wildman–Crippen MR) is 84.2 cm³/mol.